The summed E-state index contributed by atoms with van der Waals surface area (Å²) in [6.45, 7) is 5.51. The van der Waals surface area contributed by atoms with Crippen molar-refractivity contribution in [2.75, 3.05) is 5.32 Å². The van der Waals surface area contributed by atoms with E-state index in [1.54, 1.807) is 13.8 Å². The molecule has 0 radical (unpaired) electrons. The van der Waals surface area contributed by atoms with E-state index >= 15 is 0 Å². The smallest absolute Gasteiger partial charge is 0.301 e. The fourth-order valence-electron chi connectivity index (χ4n) is 2.28. The van der Waals surface area contributed by atoms with Crippen molar-refractivity contribution in [3.63, 3.8) is 0 Å². The fraction of sp³-hybridized carbons (Fsp3) is 0.278. The summed E-state index contributed by atoms with van der Waals surface area (Å²) in [5.74, 6) is -0.791. The molecule has 0 saturated heterocycles. The highest BCUT2D eigenvalue weighted by Gasteiger charge is 2.18. The van der Waals surface area contributed by atoms with E-state index in [1.165, 1.54) is 6.20 Å². The van der Waals surface area contributed by atoms with Gasteiger partial charge in [0.1, 0.15) is 5.78 Å². The Morgan fingerprint density at radius 1 is 1.33 bits per heavy atom. The van der Waals surface area contributed by atoms with E-state index in [9.17, 15) is 9.18 Å². The van der Waals surface area contributed by atoms with Gasteiger partial charge in [0.2, 0.25) is 11.2 Å². The van der Waals surface area contributed by atoms with Crippen LogP contribution in [0.2, 0.25) is 0 Å². The number of oxazole rings is 1. The van der Waals surface area contributed by atoms with E-state index in [0.29, 0.717) is 0 Å². The molecule has 0 amide bonds. The molecule has 0 unspecified atom stereocenters. The molecule has 1 N–H and O–H groups in total. The maximum atomic E-state index is 14.6. The maximum absolute atomic E-state index is 14.6. The predicted octanol–water partition coefficient (Wildman–Crippen LogP) is 4.18. The minimum absolute atomic E-state index is 0.00625. The quantitative estimate of drug-likeness (QED) is 0.761. The van der Waals surface area contributed by atoms with Crippen LogP contribution in [0.25, 0.3) is 11.2 Å². The van der Waals surface area contributed by atoms with Crippen LogP contribution in [0, 0.1) is 18.7 Å². The Morgan fingerprint density at radius 2 is 2.08 bits per heavy atom. The third-order valence-electron chi connectivity index (χ3n) is 3.83. The summed E-state index contributed by atoms with van der Waals surface area (Å²) < 4.78 is 20.0. The molecule has 3 aromatic rings. The predicted molar refractivity (Wildman–Crippen MR) is 89.8 cm³/mol. The van der Waals surface area contributed by atoms with Crippen molar-refractivity contribution in [1.82, 2.24) is 9.97 Å². The monoisotopic (exact) mass is 327 g/mol. The largest absolute Gasteiger partial charge is 0.418 e. The molecule has 0 bridgehead atoms. The van der Waals surface area contributed by atoms with Gasteiger partial charge in [-0.1, -0.05) is 32.0 Å². The van der Waals surface area contributed by atoms with Gasteiger partial charge >= 0.3 is 6.01 Å². The van der Waals surface area contributed by atoms with Crippen LogP contribution in [-0.4, -0.2) is 15.8 Å². The average Bonchev–Trinajstić information content (AvgIpc) is 2.96. The number of Topliss-reactive ketones (excluding diaryl/α,β-unsaturated/α-hetero) is 1. The number of nitrogens with zero attached hydrogens (tertiary/aromatic N) is 2. The Bertz CT molecular complexity index is 902. The molecule has 0 aliphatic heterocycles. The second-order valence-electron chi connectivity index (χ2n) is 6.01. The number of benzene rings is 1. The van der Waals surface area contributed by atoms with Gasteiger partial charge in [0, 0.05) is 29.8 Å². The minimum Gasteiger partial charge on any atom is -0.418 e. The number of para-hydroxylation sites is 1. The summed E-state index contributed by atoms with van der Waals surface area (Å²) >= 11 is 0. The molecule has 124 valence electrons. The molecule has 24 heavy (non-hydrogen) atoms. The SMILES string of the molecule is Cc1ccccc1Nc1nc2ncc(CC(=O)C(C)C)c(F)c2o1. The summed E-state index contributed by atoms with van der Waals surface area (Å²) in [4.78, 5) is 20.1. The number of nitrogens with one attached hydrogen (secondary N) is 1. The maximum Gasteiger partial charge on any atom is 0.301 e. The molecule has 0 fully saturated rings. The lowest BCUT2D eigenvalue weighted by atomic mass is 10.0. The number of hydrogen-bond acceptors (Lipinski definition) is 5. The molecular formula is C18H18FN3O2. The number of aromatic nitrogens is 2. The van der Waals surface area contributed by atoms with E-state index in [4.69, 9.17) is 4.42 Å². The zero-order valence-corrected chi connectivity index (χ0v) is 13.8. The molecule has 1 aromatic carbocycles. The Kier molecular flexibility index (Phi) is 4.29. The molecule has 0 atom stereocenters. The van der Waals surface area contributed by atoms with Gasteiger partial charge in [0.15, 0.2) is 5.82 Å². The highest BCUT2D eigenvalue weighted by molar-refractivity contribution is 5.83. The number of carbonyl (C=O) groups excluding carboxylic acids is 1. The third kappa shape index (κ3) is 3.13. The number of ketones is 1. The Morgan fingerprint density at radius 3 is 2.79 bits per heavy atom. The first-order valence-corrected chi connectivity index (χ1v) is 7.75. The topological polar surface area (TPSA) is 68.0 Å². The fourth-order valence-corrected chi connectivity index (χ4v) is 2.28. The summed E-state index contributed by atoms with van der Waals surface area (Å²) in [5, 5.41) is 3.02. The summed E-state index contributed by atoms with van der Waals surface area (Å²) in [5.41, 5.74) is 2.18. The van der Waals surface area contributed by atoms with Gasteiger partial charge in [-0.2, -0.15) is 4.98 Å². The van der Waals surface area contributed by atoms with Crippen LogP contribution in [0.4, 0.5) is 16.1 Å². The van der Waals surface area contributed by atoms with E-state index in [2.05, 4.69) is 15.3 Å². The molecule has 0 spiro atoms. The molecule has 5 nitrogen and oxygen atoms in total. The summed E-state index contributed by atoms with van der Waals surface area (Å²) in [7, 11) is 0. The van der Waals surface area contributed by atoms with Gasteiger partial charge in [0.05, 0.1) is 0 Å². The molecule has 2 heterocycles. The van der Waals surface area contributed by atoms with Crippen LogP contribution >= 0.6 is 0 Å². The summed E-state index contributed by atoms with van der Waals surface area (Å²) in [6, 6.07) is 7.79. The second kappa shape index (κ2) is 6.39. The molecule has 0 saturated carbocycles. The molecule has 0 aliphatic carbocycles. The second-order valence-corrected chi connectivity index (χ2v) is 6.01. The lowest BCUT2D eigenvalue weighted by Gasteiger charge is -2.05. The molecule has 3 rings (SSSR count). The first kappa shape index (κ1) is 16.1. The van der Waals surface area contributed by atoms with E-state index in [0.717, 1.165) is 11.3 Å². The van der Waals surface area contributed by atoms with Gasteiger partial charge < -0.3 is 9.73 Å². The van der Waals surface area contributed by atoms with Gasteiger partial charge in [-0.25, -0.2) is 9.37 Å². The zero-order valence-electron chi connectivity index (χ0n) is 13.8. The van der Waals surface area contributed by atoms with Crippen molar-refractivity contribution >= 4 is 28.7 Å². The molecule has 0 aliphatic rings. The standard InChI is InChI=1S/C18H18FN3O2/c1-10(2)14(23)8-12-9-20-17-16(15(12)19)24-18(22-17)21-13-7-5-4-6-11(13)3/h4-7,9-10H,8H2,1-3H3,(H,20,21,22). The molecular weight excluding hydrogens is 309 g/mol. The van der Waals surface area contributed by atoms with Crippen molar-refractivity contribution in [2.45, 2.75) is 27.2 Å². The Balaban J connectivity index is 1.92. The van der Waals surface area contributed by atoms with Crippen molar-refractivity contribution < 1.29 is 13.6 Å². The minimum atomic E-state index is -0.584. The van der Waals surface area contributed by atoms with Crippen LogP contribution in [0.5, 0.6) is 0 Å². The first-order valence-electron chi connectivity index (χ1n) is 7.75. The van der Waals surface area contributed by atoms with Crippen molar-refractivity contribution in [2.24, 2.45) is 5.92 Å². The number of halogens is 1. The Hall–Kier alpha value is -2.76. The van der Waals surface area contributed by atoms with Crippen molar-refractivity contribution in [3.05, 3.63) is 47.4 Å². The highest BCUT2D eigenvalue weighted by atomic mass is 19.1. The number of rotatable bonds is 5. The lowest BCUT2D eigenvalue weighted by molar-refractivity contribution is -0.121. The molecule has 6 heteroatoms. The number of anilines is 2. The van der Waals surface area contributed by atoms with Gasteiger partial charge in [-0.05, 0) is 18.6 Å². The average molecular weight is 327 g/mol. The normalized spacial score (nSPS) is 11.2. The van der Waals surface area contributed by atoms with Crippen LogP contribution in [0.15, 0.2) is 34.9 Å². The number of fused-ring (bicyclic) bond motifs is 1. The van der Waals surface area contributed by atoms with Crippen molar-refractivity contribution in [3.8, 4) is 0 Å². The number of hydrogen-bond donors (Lipinski definition) is 1. The van der Waals surface area contributed by atoms with Crippen LogP contribution in [-0.2, 0) is 11.2 Å². The van der Waals surface area contributed by atoms with Gasteiger partial charge in [0.25, 0.3) is 0 Å². The van der Waals surface area contributed by atoms with E-state index < -0.39 is 5.82 Å². The van der Waals surface area contributed by atoms with Crippen LogP contribution in [0.3, 0.4) is 0 Å². The third-order valence-corrected chi connectivity index (χ3v) is 3.83. The van der Waals surface area contributed by atoms with Crippen LogP contribution in [0.1, 0.15) is 25.0 Å². The Labute approximate surface area is 138 Å². The molecule has 2 aromatic heterocycles. The zero-order chi connectivity index (χ0) is 17.3. The van der Waals surface area contributed by atoms with E-state index in [-0.39, 0.29) is 40.9 Å². The lowest BCUT2D eigenvalue weighted by Crippen LogP contribution is -2.11. The van der Waals surface area contributed by atoms with E-state index in [1.807, 2.05) is 31.2 Å². The summed E-state index contributed by atoms with van der Waals surface area (Å²) in [6.07, 6.45) is 1.34. The first-order chi connectivity index (χ1) is 11.5. The highest BCUT2D eigenvalue weighted by Crippen LogP contribution is 2.26. The van der Waals surface area contributed by atoms with Crippen LogP contribution < -0.4 is 5.32 Å². The number of aryl methyl sites for hydroxylation is 1. The van der Waals surface area contributed by atoms with Crippen molar-refractivity contribution in [1.29, 1.82) is 0 Å². The number of pyridine rings is 1. The van der Waals surface area contributed by atoms with Gasteiger partial charge in [-0.3, -0.25) is 4.79 Å². The van der Waals surface area contributed by atoms with Gasteiger partial charge in [-0.15, -0.1) is 0 Å². The number of carbonyl (C=O) groups is 1.